The molecule has 1 N–H and O–H groups in total. The van der Waals surface area contributed by atoms with Crippen molar-refractivity contribution < 1.29 is 14.3 Å². The minimum absolute atomic E-state index is 0.0327. The molecule has 1 aromatic carbocycles. The maximum absolute atomic E-state index is 12.9. The molecule has 1 amide bonds. The van der Waals surface area contributed by atoms with Crippen molar-refractivity contribution in [2.24, 2.45) is 10.1 Å². The highest BCUT2D eigenvalue weighted by molar-refractivity contribution is 8.26. The van der Waals surface area contributed by atoms with Crippen molar-refractivity contribution in [1.82, 2.24) is 14.5 Å². The number of fused-ring (bicyclic) bond motifs is 1. The first-order chi connectivity index (χ1) is 16.5. The Hall–Kier alpha value is -3.37. The van der Waals surface area contributed by atoms with Crippen LogP contribution in [-0.2, 0) is 9.53 Å². The third kappa shape index (κ3) is 3.92. The van der Waals surface area contributed by atoms with Gasteiger partial charge in [-0.2, -0.15) is 10.0 Å². The van der Waals surface area contributed by atoms with Crippen molar-refractivity contribution in [2.75, 3.05) is 32.9 Å². The fourth-order valence-electron chi connectivity index (χ4n) is 4.24. The van der Waals surface area contributed by atoms with Crippen LogP contribution in [0.4, 0.5) is 0 Å². The molecule has 3 aliphatic heterocycles. The Morgan fingerprint density at radius 2 is 1.97 bits per heavy atom. The average molecular weight is 479 g/mol. The summed E-state index contributed by atoms with van der Waals surface area (Å²) in [5.41, 5.74) is 3.94. The van der Waals surface area contributed by atoms with E-state index >= 15 is 0 Å². The van der Waals surface area contributed by atoms with Crippen molar-refractivity contribution in [3.63, 3.8) is 0 Å². The van der Waals surface area contributed by atoms with E-state index in [4.69, 9.17) is 14.9 Å². The topological polar surface area (TPSA) is 95.5 Å². The Labute approximate surface area is 202 Å². The number of carbonyl (C=O) groups excluding carboxylic acids is 1. The van der Waals surface area contributed by atoms with Crippen LogP contribution < -0.4 is 4.74 Å². The van der Waals surface area contributed by atoms with Gasteiger partial charge in [0.05, 0.1) is 31.1 Å². The number of carbonyl (C=O) groups is 1. The van der Waals surface area contributed by atoms with Crippen LogP contribution >= 0.6 is 11.8 Å². The molecule has 1 aromatic heterocycles. The quantitative estimate of drug-likeness (QED) is 0.677. The van der Waals surface area contributed by atoms with Gasteiger partial charge in [0.15, 0.2) is 11.0 Å². The summed E-state index contributed by atoms with van der Waals surface area (Å²) in [6, 6.07) is 9.88. The van der Waals surface area contributed by atoms with E-state index in [9.17, 15) is 4.79 Å². The summed E-state index contributed by atoms with van der Waals surface area (Å²) in [7, 11) is 0. The molecule has 2 aromatic rings. The van der Waals surface area contributed by atoms with Crippen LogP contribution in [0.5, 0.6) is 5.75 Å². The molecule has 0 atom stereocenters. The van der Waals surface area contributed by atoms with Gasteiger partial charge in [-0.15, -0.1) is 5.10 Å². The normalized spacial score (nSPS) is 19.4. The van der Waals surface area contributed by atoms with Gasteiger partial charge in [0.25, 0.3) is 5.91 Å². The Morgan fingerprint density at radius 1 is 1.21 bits per heavy atom. The summed E-state index contributed by atoms with van der Waals surface area (Å²) in [4.78, 5) is 19.2. The highest BCUT2D eigenvalue weighted by Crippen LogP contribution is 2.32. The number of hydrogen-bond acceptors (Lipinski definition) is 7. The molecule has 1 saturated heterocycles. The summed E-state index contributed by atoms with van der Waals surface area (Å²) in [6.45, 7) is 9.26. The van der Waals surface area contributed by atoms with E-state index in [1.165, 1.54) is 16.8 Å². The Balaban J connectivity index is 1.48. The zero-order valence-corrected chi connectivity index (χ0v) is 20.2. The van der Waals surface area contributed by atoms with Crippen LogP contribution in [-0.4, -0.2) is 69.5 Å². The minimum Gasteiger partial charge on any atom is -0.492 e. The predicted molar refractivity (Wildman–Crippen MR) is 134 cm³/mol. The zero-order chi connectivity index (χ0) is 23.8. The third-order valence-corrected chi connectivity index (χ3v) is 6.87. The number of ether oxygens (including phenoxy) is 2. The van der Waals surface area contributed by atoms with E-state index in [1.807, 2.05) is 51.1 Å². The number of aliphatic imine (C=N–C) groups is 1. The molecule has 0 saturated carbocycles. The van der Waals surface area contributed by atoms with Crippen molar-refractivity contribution >= 4 is 39.9 Å². The first kappa shape index (κ1) is 22.4. The van der Waals surface area contributed by atoms with Crippen LogP contribution in [0.3, 0.4) is 0 Å². The number of nitrogens with zero attached hydrogens (tertiary/aromatic N) is 5. The third-order valence-electron chi connectivity index (χ3n) is 5.90. The van der Waals surface area contributed by atoms with Gasteiger partial charge in [0, 0.05) is 24.5 Å². The number of para-hydroxylation sites is 2. The first-order valence-corrected chi connectivity index (χ1v) is 12.0. The lowest BCUT2D eigenvalue weighted by Gasteiger charge is -2.26. The number of amidine groups is 3. The SMILES string of the molecule is CCOc1ccccc1-n1c(C)cc(/C=C2/C(=N)N3N=C(N4CCOCC4)SC3=NC2=O)c1C. The van der Waals surface area contributed by atoms with Crippen molar-refractivity contribution in [1.29, 1.82) is 5.41 Å². The van der Waals surface area contributed by atoms with Gasteiger partial charge in [-0.25, -0.2) is 0 Å². The number of benzene rings is 1. The van der Waals surface area contributed by atoms with Gasteiger partial charge < -0.3 is 18.9 Å². The minimum atomic E-state index is -0.429. The molecular weight excluding hydrogens is 452 g/mol. The average Bonchev–Trinajstić information content (AvgIpc) is 3.38. The van der Waals surface area contributed by atoms with E-state index in [0.29, 0.717) is 25.0 Å². The number of aromatic nitrogens is 1. The van der Waals surface area contributed by atoms with Gasteiger partial charge in [0.1, 0.15) is 5.75 Å². The molecule has 3 aliphatic rings. The molecular formula is C24H26N6O3S. The van der Waals surface area contributed by atoms with E-state index in [0.717, 1.165) is 46.6 Å². The van der Waals surface area contributed by atoms with Gasteiger partial charge in [0.2, 0.25) is 5.17 Å². The molecule has 10 heteroatoms. The van der Waals surface area contributed by atoms with E-state index in [1.54, 1.807) is 6.08 Å². The lowest BCUT2D eigenvalue weighted by Crippen LogP contribution is -2.39. The monoisotopic (exact) mass is 478 g/mol. The fourth-order valence-corrected chi connectivity index (χ4v) is 5.19. The van der Waals surface area contributed by atoms with Crippen LogP contribution in [0.15, 0.2) is 46.0 Å². The summed E-state index contributed by atoms with van der Waals surface area (Å²) in [5, 5.41) is 15.9. The Kier molecular flexibility index (Phi) is 6.01. The van der Waals surface area contributed by atoms with E-state index in [2.05, 4.69) is 19.6 Å². The van der Waals surface area contributed by atoms with Crippen LogP contribution in [0.25, 0.3) is 11.8 Å². The van der Waals surface area contributed by atoms with Crippen molar-refractivity contribution in [3.8, 4) is 11.4 Å². The number of rotatable bonds is 4. The van der Waals surface area contributed by atoms with Gasteiger partial charge in [-0.3, -0.25) is 10.2 Å². The molecule has 0 radical (unpaired) electrons. The molecule has 5 rings (SSSR count). The lowest BCUT2D eigenvalue weighted by molar-refractivity contribution is -0.114. The van der Waals surface area contributed by atoms with Gasteiger partial charge >= 0.3 is 0 Å². The summed E-state index contributed by atoms with van der Waals surface area (Å²) >= 11 is 1.32. The van der Waals surface area contributed by atoms with Crippen molar-refractivity contribution in [3.05, 3.63) is 52.9 Å². The molecule has 176 valence electrons. The number of amides is 1. The molecule has 0 unspecified atom stereocenters. The first-order valence-electron chi connectivity index (χ1n) is 11.2. The van der Waals surface area contributed by atoms with Crippen LogP contribution in [0, 0.1) is 19.3 Å². The highest BCUT2D eigenvalue weighted by atomic mass is 32.2. The second kappa shape index (κ2) is 9.11. The second-order valence-electron chi connectivity index (χ2n) is 8.06. The summed E-state index contributed by atoms with van der Waals surface area (Å²) < 4.78 is 13.3. The number of thioether (sulfide) groups is 1. The molecule has 34 heavy (non-hydrogen) atoms. The van der Waals surface area contributed by atoms with Gasteiger partial charge in [-0.1, -0.05) is 12.1 Å². The number of hydrazone groups is 1. The Bertz CT molecular complexity index is 1260. The number of aryl methyl sites for hydroxylation is 1. The van der Waals surface area contributed by atoms with Crippen LogP contribution in [0.1, 0.15) is 23.9 Å². The molecule has 4 heterocycles. The molecule has 0 bridgehead atoms. The van der Waals surface area contributed by atoms with Crippen LogP contribution in [0.2, 0.25) is 0 Å². The lowest BCUT2D eigenvalue weighted by atomic mass is 10.1. The number of morpholine rings is 1. The van der Waals surface area contributed by atoms with Gasteiger partial charge in [-0.05, 0) is 62.4 Å². The highest BCUT2D eigenvalue weighted by Gasteiger charge is 2.37. The standard InChI is InChI=1S/C24H26N6O3S/c1-4-33-20-8-6-5-7-19(20)29-15(2)13-17(16(29)3)14-18-21(25)30-23(26-22(18)31)34-24(27-30)28-9-11-32-12-10-28/h5-8,13-14,25H,4,9-12H2,1-3H3/b18-14-,25-21?. The van der Waals surface area contributed by atoms with E-state index in [-0.39, 0.29) is 11.4 Å². The molecule has 0 aliphatic carbocycles. The van der Waals surface area contributed by atoms with E-state index < -0.39 is 5.91 Å². The van der Waals surface area contributed by atoms with Crippen molar-refractivity contribution in [2.45, 2.75) is 20.8 Å². The second-order valence-corrected chi connectivity index (χ2v) is 9.00. The summed E-state index contributed by atoms with van der Waals surface area (Å²) in [5.74, 6) is 0.396. The number of nitrogens with one attached hydrogen (secondary N) is 1. The summed E-state index contributed by atoms with van der Waals surface area (Å²) in [6.07, 6.45) is 1.74. The fraction of sp³-hybridized carbons (Fsp3) is 0.333. The molecule has 1 fully saturated rings. The zero-order valence-electron chi connectivity index (χ0n) is 19.4. The molecule has 9 nitrogen and oxygen atoms in total. The predicted octanol–water partition coefficient (Wildman–Crippen LogP) is 3.40. The Morgan fingerprint density at radius 3 is 2.74 bits per heavy atom. The maximum Gasteiger partial charge on any atom is 0.283 e. The smallest absolute Gasteiger partial charge is 0.283 e. The maximum atomic E-state index is 12.9. The number of hydrogen-bond donors (Lipinski definition) is 1. The largest absolute Gasteiger partial charge is 0.492 e. The molecule has 0 spiro atoms.